The maximum atomic E-state index is 10.8. The highest BCUT2D eigenvalue weighted by molar-refractivity contribution is 7.90. The standard InChI is InChI=1S/C7H10N2O4S2/c1-15(12,13)3-2-8-6-5(7(10)11)9-4-14-6/h4,8H,2-3H2,1H3,(H,10,11). The Morgan fingerprint density at radius 1 is 1.67 bits per heavy atom. The van der Waals surface area contributed by atoms with E-state index in [-0.39, 0.29) is 18.0 Å². The number of carboxylic acids is 1. The van der Waals surface area contributed by atoms with Crippen molar-refractivity contribution in [1.29, 1.82) is 0 Å². The monoisotopic (exact) mass is 250 g/mol. The molecule has 1 aromatic heterocycles. The number of nitrogens with one attached hydrogen (secondary N) is 1. The van der Waals surface area contributed by atoms with Gasteiger partial charge in [0.1, 0.15) is 14.8 Å². The highest BCUT2D eigenvalue weighted by atomic mass is 32.2. The largest absolute Gasteiger partial charge is 0.476 e. The summed E-state index contributed by atoms with van der Waals surface area (Å²) in [5, 5.41) is 11.8. The van der Waals surface area contributed by atoms with E-state index in [0.29, 0.717) is 5.00 Å². The van der Waals surface area contributed by atoms with Crippen LogP contribution in [0, 0.1) is 0 Å². The fraction of sp³-hybridized carbons (Fsp3) is 0.429. The Bertz CT molecular complexity index is 451. The molecule has 0 spiro atoms. The first-order valence-corrected chi connectivity index (χ1v) is 6.92. The Kier molecular flexibility index (Phi) is 3.64. The van der Waals surface area contributed by atoms with Crippen molar-refractivity contribution in [3.63, 3.8) is 0 Å². The molecule has 0 aliphatic rings. The number of hydrogen-bond donors (Lipinski definition) is 2. The molecule has 0 unspecified atom stereocenters. The topological polar surface area (TPSA) is 96.4 Å². The molecule has 0 atom stereocenters. The molecule has 0 saturated carbocycles. The van der Waals surface area contributed by atoms with Gasteiger partial charge in [-0.25, -0.2) is 18.2 Å². The zero-order valence-electron chi connectivity index (χ0n) is 7.93. The summed E-state index contributed by atoms with van der Waals surface area (Å²) in [4.78, 5) is 14.3. The lowest BCUT2D eigenvalue weighted by atomic mass is 10.4. The average molecular weight is 250 g/mol. The Balaban J connectivity index is 2.58. The van der Waals surface area contributed by atoms with Crippen LogP contribution in [0.2, 0.25) is 0 Å². The van der Waals surface area contributed by atoms with Crippen LogP contribution < -0.4 is 5.32 Å². The molecule has 15 heavy (non-hydrogen) atoms. The van der Waals surface area contributed by atoms with Gasteiger partial charge in [-0.2, -0.15) is 0 Å². The Hall–Kier alpha value is -1.15. The van der Waals surface area contributed by atoms with Gasteiger partial charge in [-0.3, -0.25) is 0 Å². The Morgan fingerprint density at radius 2 is 2.33 bits per heavy atom. The van der Waals surface area contributed by atoms with Gasteiger partial charge in [0.05, 0.1) is 11.3 Å². The summed E-state index contributed by atoms with van der Waals surface area (Å²) in [6, 6.07) is 0. The third-order valence-corrected chi connectivity index (χ3v) is 3.26. The van der Waals surface area contributed by atoms with Crippen molar-refractivity contribution in [3.05, 3.63) is 11.2 Å². The lowest BCUT2D eigenvalue weighted by Gasteiger charge is -2.02. The van der Waals surface area contributed by atoms with Gasteiger partial charge in [-0.15, -0.1) is 11.3 Å². The molecular formula is C7H10N2O4S2. The summed E-state index contributed by atoms with van der Waals surface area (Å²) < 4.78 is 21.6. The predicted octanol–water partition coefficient (Wildman–Crippen LogP) is 0.298. The molecule has 0 saturated heterocycles. The van der Waals surface area contributed by atoms with Gasteiger partial charge in [-0.1, -0.05) is 0 Å². The van der Waals surface area contributed by atoms with Crippen LogP contribution in [0.15, 0.2) is 5.51 Å². The predicted molar refractivity (Wildman–Crippen MR) is 57.3 cm³/mol. The number of thiazole rings is 1. The molecule has 6 nitrogen and oxygen atoms in total. The number of hydrogen-bond acceptors (Lipinski definition) is 6. The lowest BCUT2D eigenvalue weighted by molar-refractivity contribution is 0.0692. The van der Waals surface area contributed by atoms with Crippen LogP contribution in [-0.2, 0) is 9.84 Å². The second kappa shape index (κ2) is 4.58. The molecule has 0 fully saturated rings. The lowest BCUT2D eigenvalue weighted by Crippen LogP contribution is -2.15. The highest BCUT2D eigenvalue weighted by Crippen LogP contribution is 2.19. The van der Waals surface area contributed by atoms with Gasteiger partial charge < -0.3 is 10.4 Å². The van der Waals surface area contributed by atoms with Crippen LogP contribution in [0.1, 0.15) is 10.5 Å². The molecule has 2 N–H and O–H groups in total. The molecule has 8 heteroatoms. The Morgan fingerprint density at radius 3 is 2.87 bits per heavy atom. The van der Waals surface area contributed by atoms with E-state index < -0.39 is 15.8 Å². The average Bonchev–Trinajstić information content (AvgIpc) is 2.49. The van der Waals surface area contributed by atoms with E-state index >= 15 is 0 Å². The van der Waals surface area contributed by atoms with Crippen molar-refractivity contribution in [3.8, 4) is 0 Å². The molecule has 84 valence electrons. The Labute approximate surface area is 90.9 Å². The smallest absolute Gasteiger partial charge is 0.357 e. The summed E-state index contributed by atoms with van der Waals surface area (Å²) in [5.41, 5.74) is 1.32. The number of carbonyl (C=O) groups is 1. The molecule has 1 rings (SSSR count). The van der Waals surface area contributed by atoms with E-state index in [0.717, 1.165) is 17.6 Å². The van der Waals surface area contributed by atoms with E-state index in [2.05, 4.69) is 10.3 Å². The zero-order chi connectivity index (χ0) is 11.5. The minimum absolute atomic E-state index is 0.0377. The molecule has 0 aromatic carbocycles. The number of aromatic nitrogens is 1. The minimum atomic E-state index is -3.04. The number of rotatable bonds is 5. The number of aromatic carboxylic acids is 1. The molecular weight excluding hydrogens is 240 g/mol. The van der Waals surface area contributed by atoms with Gasteiger partial charge >= 0.3 is 5.97 Å². The van der Waals surface area contributed by atoms with Gasteiger partial charge in [-0.05, 0) is 0 Å². The van der Waals surface area contributed by atoms with Crippen molar-refractivity contribution in [2.24, 2.45) is 0 Å². The molecule has 0 bridgehead atoms. The third-order valence-electron chi connectivity index (χ3n) is 1.53. The molecule has 0 aliphatic heterocycles. The van der Waals surface area contributed by atoms with Crippen molar-refractivity contribution in [1.82, 2.24) is 4.98 Å². The van der Waals surface area contributed by atoms with Crippen LogP contribution in [0.25, 0.3) is 0 Å². The van der Waals surface area contributed by atoms with Gasteiger partial charge in [0.25, 0.3) is 0 Å². The molecule has 0 radical (unpaired) electrons. The number of carboxylic acid groups (broad SMARTS) is 1. The second-order valence-electron chi connectivity index (χ2n) is 2.89. The number of nitrogens with zero attached hydrogens (tertiary/aromatic N) is 1. The van der Waals surface area contributed by atoms with Crippen molar-refractivity contribution >= 4 is 32.1 Å². The van der Waals surface area contributed by atoms with Crippen LogP contribution >= 0.6 is 11.3 Å². The molecule has 1 aromatic rings. The van der Waals surface area contributed by atoms with E-state index in [4.69, 9.17) is 5.11 Å². The maximum absolute atomic E-state index is 10.8. The fourth-order valence-corrected chi connectivity index (χ4v) is 2.05. The van der Waals surface area contributed by atoms with Crippen LogP contribution in [0.4, 0.5) is 5.00 Å². The first-order chi connectivity index (χ1) is 6.90. The van der Waals surface area contributed by atoms with Gasteiger partial charge in [0.15, 0.2) is 5.69 Å². The summed E-state index contributed by atoms with van der Waals surface area (Å²) in [6.07, 6.45) is 1.12. The first-order valence-electron chi connectivity index (χ1n) is 3.98. The second-order valence-corrected chi connectivity index (χ2v) is 6.01. The maximum Gasteiger partial charge on any atom is 0.357 e. The van der Waals surface area contributed by atoms with E-state index in [1.54, 1.807) is 0 Å². The summed E-state index contributed by atoms with van der Waals surface area (Å²) >= 11 is 1.13. The molecule has 0 aliphatic carbocycles. The van der Waals surface area contributed by atoms with Crippen molar-refractivity contribution < 1.29 is 18.3 Å². The van der Waals surface area contributed by atoms with Crippen molar-refractivity contribution in [2.45, 2.75) is 0 Å². The zero-order valence-corrected chi connectivity index (χ0v) is 9.56. The fourth-order valence-electron chi connectivity index (χ4n) is 0.874. The van der Waals surface area contributed by atoms with E-state index in [9.17, 15) is 13.2 Å². The summed E-state index contributed by atoms with van der Waals surface area (Å²) in [6.45, 7) is 0.182. The van der Waals surface area contributed by atoms with E-state index in [1.807, 2.05) is 0 Å². The molecule has 0 amide bonds. The van der Waals surface area contributed by atoms with Gasteiger partial charge in [0, 0.05) is 12.8 Å². The SMILES string of the molecule is CS(=O)(=O)CCNc1scnc1C(=O)O. The van der Waals surface area contributed by atoms with E-state index in [1.165, 1.54) is 5.51 Å². The minimum Gasteiger partial charge on any atom is -0.476 e. The highest BCUT2D eigenvalue weighted by Gasteiger charge is 2.13. The number of anilines is 1. The molecule has 1 heterocycles. The van der Waals surface area contributed by atoms with Crippen molar-refractivity contribution in [2.75, 3.05) is 23.9 Å². The first kappa shape index (κ1) is 11.9. The summed E-state index contributed by atoms with van der Waals surface area (Å²) in [5.74, 6) is -1.16. The quantitative estimate of drug-likeness (QED) is 0.780. The van der Waals surface area contributed by atoms with Crippen LogP contribution in [0.3, 0.4) is 0 Å². The third kappa shape index (κ3) is 3.84. The number of sulfone groups is 1. The van der Waals surface area contributed by atoms with Crippen LogP contribution in [0.5, 0.6) is 0 Å². The normalized spacial score (nSPS) is 11.3. The van der Waals surface area contributed by atoms with Gasteiger partial charge in [0.2, 0.25) is 0 Å². The summed E-state index contributed by atoms with van der Waals surface area (Å²) in [7, 11) is -3.04. The van der Waals surface area contributed by atoms with Crippen LogP contribution in [-0.4, -0.2) is 43.0 Å².